The van der Waals surface area contributed by atoms with Crippen LogP contribution in [0.3, 0.4) is 0 Å². The lowest BCUT2D eigenvalue weighted by atomic mass is 10.1. The number of nitrogens with zero attached hydrogens (tertiary/aromatic N) is 1. The maximum Gasteiger partial charge on any atom is 0.257 e. The van der Waals surface area contributed by atoms with Gasteiger partial charge in [-0.1, -0.05) is 54.2 Å². The second kappa shape index (κ2) is 7.83. The molecule has 0 unspecified atom stereocenters. The van der Waals surface area contributed by atoms with Gasteiger partial charge in [-0.2, -0.15) is 0 Å². The van der Waals surface area contributed by atoms with Crippen LogP contribution in [0.5, 0.6) is 0 Å². The minimum absolute atomic E-state index is 0.00492. The van der Waals surface area contributed by atoms with E-state index in [2.05, 4.69) is 22.4 Å². The summed E-state index contributed by atoms with van der Waals surface area (Å²) in [6.07, 6.45) is 1.91. The van der Waals surface area contributed by atoms with E-state index in [-0.39, 0.29) is 5.91 Å². The standard InChI is InChI=1S/C18H18N2O2S/c21-17(19-12-6-9-14-7-2-1-3-8-14)13-23-18-20-15-10-4-5-11-16(15)22-18/h1-5,7-8,10-11H,6,9,12-13H2,(H,19,21). The SMILES string of the molecule is O=C(CSc1nc2ccccc2o1)NCCCc1ccccc1. The maximum atomic E-state index is 11.8. The highest BCUT2D eigenvalue weighted by Crippen LogP contribution is 2.22. The van der Waals surface area contributed by atoms with E-state index in [1.54, 1.807) is 0 Å². The highest BCUT2D eigenvalue weighted by molar-refractivity contribution is 7.99. The molecule has 3 aromatic rings. The molecule has 0 radical (unpaired) electrons. The third-order valence-corrected chi connectivity index (χ3v) is 4.24. The van der Waals surface area contributed by atoms with E-state index in [1.807, 2.05) is 42.5 Å². The maximum absolute atomic E-state index is 11.8. The molecule has 1 heterocycles. The van der Waals surface area contributed by atoms with Crippen molar-refractivity contribution < 1.29 is 9.21 Å². The number of thioether (sulfide) groups is 1. The van der Waals surface area contributed by atoms with Gasteiger partial charge in [-0.05, 0) is 30.5 Å². The summed E-state index contributed by atoms with van der Waals surface area (Å²) >= 11 is 1.32. The Balaban J connectivity index is 1.38. The van der Waals surface area contributed by atoms with E-state index in [1.165, 1.54) is 17.3 Å². The number of amides is 1. The first kappa shape index (κ1) is 15.6. The Kier molecular flexibility index (Phi) is 5.32. The number of nitrogens with one attached hydrogen (secondary N) is 1. The molecule has 23 heavy (non-hydrogen) atoms. The molecule has 2 aromatic carbocycles. The van der Waals surface area contributed by atoms with Gasteiger partial charge >= 0.3 is 0 Å². The van der Waals surface area contributed by atoms with Crippen molar-refractivity contribution in [2.45, 2.75) is 18.1 Å². The number of fused-ring (bicyclic) bond motifs is 1. The molecule has 0 saturated carbocycles. The van der Waals surface area contributed by atoms with E-state index in [0.717, 1.165) is 23.9 Å². The van der Waals surface area contributed by atoms with E-state index >= 15 is 0 Å². The minimum Gasteiger partial charge on any atom is -0.431 e. The molecule has 0 spiro atoms. The Labute approximate surface area is 139 Å². The van der Waals surface area contributed by atoms with Gasteiger partial charge in [0.2, 0.25) is 5.91 Å². The monoisotopic (exact) mass is 326 g/mol. The summed E-state index contributed by atoms with van der Waals surface area (Å²) < 4.78 is 5.57. The van der Waals surface area contributed by atoms with Gasteiger partial charge in [-0.3, -0.25) is 4.79 Å². The largest absolute Gasteiger partial charge is 0.431 e. The first-order chi connectivity index (χ1) is 11.3. The molecular formula is C18H18N2O2S. The zero-order chi connectivity index (χ0) is 15.9. The van der Waals surface area contributed by atoms with Gasteiger partial charge in [0, 0.05) is 6.54 Å². The van der Waals surface area contributed by atoms with Gasteiger partial charge in [0.15, 0.2) is 5.58 Å². The molecule has 0 bridgehead atoms. The van der Waals surface area contributed by atoms with Crippen molar-refractivity contribution in [3.05, 3.63) is 60.2 Å². The molecule has 0 atom stereocenters. The molecular weight excluding hydrogens is 308 g/mol. The quantitative estimate of drug-likeness (QED) is 0.532. The van der Waals surface area contributed by atoms with Crippen LogP contribution in [0.2, 0.25) is 0 Å². The van der Waals surface area contributed by atoms with Crippen molar-refractivity contribution in [2.24, 2.45) is 0 Å². The summed E-state index contributed by atoms with van der Waals surface area (Å²) in [7, 11) is 0. The predicted octanol–water partition coefficient (Wildman–Crippen LogP) is 3.67. The molecule has 0 aliphatic heterocycles. The Morgan fingerprint density at radius 2 is 1.87 bits per heavy atom. The smallest absolute Gasteiger partial charge is 0.257 e. The fourth-order valence-electron chi connectivity index (χ4n) is 2.26. The van der Waals surface area contributed by atoms with Crippen LogP contribution in [0.25, 0.3) is 11.1 Å². The number of aromatic nitrogens is 1. The highest BCUT2D eigenvalue weighted by atomic mass is 32.2. The number of aryl methyl sites for hydroxylation is 1. The van der Waals surface area contributed by atoms with E-state index in [4.69, 9.17) is 4.42 Å². The van der Waals surface area contributed by atoms with Crippen LogP contribution < -0.4 is 5.32 Å². The summed E-state index contributed by atoms with van der Waals surface area (Å²) in [5, 5.41) is 3.46. The number of rotatable bonds is 7. The van der Waals surface area contributed by atoms with E-state index < -0.39 is 0 Å². The van der Waals surface area contributed by atoms with Crippen LogP contribution in [0.15, 0.2) is 64.2 Å². The topological polar surface area (TPSA) is 55.1 Å². The number of oxazole rings is 1. The molecule has 4 nitrogen and oxygen atoms in total. The van der Waals surface area contributed by atoms with Gasteiger partial charge in [-0.25, -0.2) is 4.98 Å². The van der Waals surface area contributed by atoms with Crippen LogP contribution in [0, 0.1) is 0 Å². The van der Waals surface area contributed by atoms with Crippen molar-refractivity contribution in [2.75, 3.05) is 12.3 Å². The molecule has 0 aliphatic carbocycles. The number of hydrogen-bond acceptors (Lipinski definition) is 4. The normalized spacial score (nSPS) is 10.8. The van der Waals surface area contributed by atoms with Crippen LogP contribution >= 0.6 is 11.8 Å². The summed E-state index contributed by atoms with van der Waals surface area (Å²) in [5.74, 6) is 0.323. The second-order valence-electron chi connectivity index (χ2n) is 5.18. The van der Waals surface area contributed by atoms with Gasteiger partial charge in [0.1, 0.15) is 5.52 Å². The van der Waals surface area contributed by atoms with E-state index in [9.17, 15) is 4.79 Å². The van der Waals surface area contributed by atoms with Gasteiger partial charge < -0.3 is 9.73 Å². The summed E-state index contributed by atoms with van der Waals surface area (Å²) in [6.45, 7) is 0.682. The first-order valence-electron chi connectivity index (χ1n) is 7.60. The Hall–Kier alpha value is -2.27. The summed E-state index contributed by atoms with van der Waals surface area (Å²) in [4.78, 5) is 16.2. The van der Waals surface area contributed by atoms with E-state index in [0.29, 0.717) is 17.5 Å². The molecule has 1 amide bonds. The van der Waals surface area contributed by atoms with Crippen molar-refractivity contribution in [1.82, 2.24) is 10.3 Å². The zero-order valence-corrected chi connectivity index (χ0v) is 13.5. The average molecular weight is 326 g/mol. The Bertz CT molecular complexity index is 738. The lowest BCUT2D eigenvalue weighted by Crippen LogP contribution is -2.26. The number of carbonyl (C=O) groups excluding carboxylic acids is 1. The number of carbonyl (C=O) groups is 1. The lowest BCUT2D eigenvalue weighted by Gasteiger charge is -2.04. The van der Waals surface area contributed by atoms with Gasteiger partial charge in [0.25, 0.3) is 5.22 Å². The predicted molar refractivity (Wildman–Crippen MR) is 92.5 cm³/mol. The summed E-state index contributed by atoms with van der Waals surface area (Å²) in [5.41, 5.74) is 2.86. The number of para-hydroxylation sites is 2. The average Bonchev–Trinajstić information content (AvgIpc) is 3.01. The number of hydrogen-bond donors (Lipinski definition) is 1. The molecule has 3 rings (SSSR count). The lowest BCUT2D eigenvalue weighted by molar-refractivity contribution is -0.118. The van der Waals surface area contributed by atoms with Crippen LogP contribution in [-0.4, -0.2) is 23.2 Å². The molecule has 1 aromatic heterocycles. The van der Waals surface area contributed by atoms with Crippen LogP contribution in [0.1, 0.15) is 12.0 Å². The Morgan fingerprint density at radius 1 is 1.09 bits per heavy atom. The van der Waals surface area contributed by atoms with Crippen molar-refractivity contribution in [3.8, 4) is 0 Å². The van der Waals surface area contributed by atoms with Gasteiger partial charge in [0.05, 0.1) is 5.75 Å². The third-order valence-electron chi connectivity index (χ3n) is 3.41. The summed E-state index contributed by atoms with van der Waals surface area (Å²) in [6, 6.07) is 17.9. The highest BCUT2D eigenvalue weighted by Gasteiger charge is 2.08. The van der Waals surface area contributed by atoms with Gasteiger partial charge in [-0.15, -0.1) is 0 Å². The third kappa shape index (κ3) is 4.60. The van der Waals surface area contributed by atoms with Crippen molar-refractivity contribution in [1.29, 1.82) is 0 Å². The number of benzene rings is 2. The van der Waals surface area contributed by atoms with Crippen molar-refractivity contribution in [3.63, 3.8) is 0 Å². The fourth-order valence-corrected chi connectivity index (χ4v) is 2.92. The molecule has 0 fully saturated rings. The molecule has 1 N–H and O–H groups in total. The van der Waals surface area contributed by atoms with Crippen LogP contribution in [-0.2, 0) is 11.2 Å². The Morgan fingerprint density at radius 3 is 2.70 bits per heavy atom. The second-order valence-corrected chi connectivity index (χ2v) is 6.10. The van der Waals surface area contributed by atoms with Crippen molar-refractivity contribution >= 4 is 28.8 Å². The molecule has 5 heteroatoms. The fraction of sp³-hybridized carbons (Fsp3) is 0.222. The molecule has 118 valence electrons. The van der Waals surface area contributed by atoms with Crippen LogP contribution in [0.4, 0.5) is 0 Å². The minimum atomic E-state index is 0.00492. The molecule has 0 aliphatic rings. The molecule has 0 saturated heterocycles. The zero-order valence-electron chi connectivity index (χ0n) is 12.7. The first-order valence-corrected chi connectivity index (χ1v) is 8.59.